The number of hydrogen-bond acceptors (Lipinski definition) is 2. The quantitative estimate of drug-likeness (QED) is 0.738. The highest BCUT2D eigenvalue weighted by Gasteiger charge is 2.30. The normalized spacial score (nSPS) is 16.4. The molecule has 25 heavy (non-hydrogen) atoms. The SMILES string of the molecule is Cc1c(Cl)cccc1-n1ncc2c1NC(=O)CC2c1cccc(F)c1. The molecule has 1 aromatic heterocycles. The highest BCUT2D eigenvalue weighted by Crippen LogP contribution is 2.38. The smallest absolute Gasteiger partial charge is 0.226 e. The second kappa shape index (κ2) is 6.01. The molecule has 1 aliphatic heterocycles. The molecule has 6 heteroatoms. The van der Waals surface area contributed by atoms with Gasteiger partial charge in [0.05, 0.1) is 11.9 Å². The van der Waals surface area contributed by atoms with Crippen LogP contribution < -0.4 is 5.32 Å². The number of rotatable bonds is 2. The van der Waals surface area contributed by atoms with E-state index in [-0.39, 0.29) is 24.1 Å². The van der Waals surface area contributed by atoms with Crippen molar-refractivity contribution in [2.24, 2.45) is 0 Å². The summed E-state index contributed by atoms with van der Waals surface area (Å²) < 4.78 is 15.3. The molecular formula is C19H15ClFN3O. The number of aromatic nitrogens is 2. The van der Waals surface area contributed by atoms with Gasteiger partial charge in [0, 0.05) is 22.9 Å². The van der Waals surface area contributed by atoms with Crippen LogP contribution in [0.1, 0.15) is 29.0 Å². The number of hydrogen-bond donors (Lipinski definition) is 1. The molecule has 0 saturated carbocycles. The molecule has 0 aliphatic carbocycles. The van der Waals surface area contributed by atoms with Crippen LogP contribution in [0.25, 0.3) is 5.69 Å². The minimum absolute atomic E-state index is 0.122. The Kier molecular flexibility index (Phi) is 3.81. The molecule has 1 aliphatic rings. The van der Waals surface area contributed by atoms with E-state index in [9.17, 15) is 9.18 Å². The van der Waals surface area contributed by atoms with Crippen molar-refractivity contribution in [1.29, 1.82) is 0 Å². The minimum Gasteiger partial charge on any atom is -0.310 e. The largest absolute Gasteiger partial charge is 0.310 e. The van der Waals surface area contributed by atoms with Crippen molar-refractivity contribution >= 4 is 23.3 Å². The van der Waals surface area contributed by atoms with E-state index in [1.165, 1.54) is 12.1 Å². The van der Waals surface area contributed by atoms with Gasteiger partial charge in [0.15, 0.2) is 0 Å². The molecule has 4 nitrogen and oxygen atoms in total. The van der Waals surface area contributed by atoms with Gasteiger partial charge in [-0.2, -0.15) is 5.10 Å². The van der Waals surface area contributed by atoms with Crippen molar-refractivity contribution in [1.82, 2.24) is 9.78 Å². The summed E-state index contributed by atoms with van der Waals surface area (Å²) in [4.78, 5) is 12.3. The third-order valence-corrected chi connectivity index (χ3v) is 4.95. The van der Waals surface area contributed by atoms with Gasteiger partial charge in [-0.1, -0.05) is 29.8 Å². The molecule has 0 fully saturated rings. The molecule has 1 amide bonds. The van der Waals surface area contributed by atoms with Crippen LogP contribution in [0.2, 0.25) is 5.02 Å². The highest BCUT2D eigenvalue weighted by molar-refractivity contribution is 6.31. The summed E-state index contributed by atoms with van der Waals surface area (Å²) in [6, 6.07) is 11.9. The lowest BCUT2D eigenvalue weighted by Gasteiger charge is -2.24. The zero-order chi connectivity index (χ0) is 17.6. The number of nitrogens with zero attached hydrogens (tertiary/aromatic N) is 2. The van der Waals surface area contributed by atoms with E-state index in [1.807, 2.05) is 31.2 Å². The van der Waals surface area contributed by atoms with E-state index in [4.69, 9.17) is 11.6 Å². The van der Waals surface area contributed by atoms with E-state index in [0.717, 1.165) is 22.4 Å². The molecular weight excluding hydrogens is 341 g/mol. The van der Waals surface area contributed by atoms with Gasteiger partial charge < -0.3 is 5.32 Å². The molecule has 0 radical (unpaired) electrons. The molecule has 0 bridgehead atoms. The Balaban J connectivity index is 1.86. The first-order valence-electron chi connectivity index (χ1n) is 7.93. The lowest BCUT2D eigenvalue weighted by molar-refractivity contribution is -0.116. The Morgan fingerprint density at radius 3 is 2.88 bits per heavy atom. The van der Waals surface area contributed by atoms with Gasteiger partial charge in [0.25, 0.3) is 0 Å². The van der Waals surface area contributed by atoms with E-state index in [1.54, 1.807) is 16.9 Å². The standard InChI is InChI=1S/C19H15ClFN3O/c1-11-16(20)6-3-7-17(11)24-19-15(10-22-24)14(9-18(25)23-19)12-4-2-5-13(21)8-12/h2-8,10,14H,9H2,1H3,(H,23,25). The molecule has 3 aromatic rings. The molecule has 1 N–H and O–H groups in total. The summed E-state index contributed by atoms with van der Waals surface area (Å²) in [5, 5.41) is 7.98. The minimum atomic E-state index is -0.317. The molecule has 0 spiro atoms. The van der Waals surface area contributed by atoms with Crippen molar-refractivity contribution in [3.8, 4) is 5.69 Å². The van der Waals surface area contributed by atoms with Gasteiger partial charge in [-0.15, -0.1) is 0 Å². The maximum absolute atomic E-state index is 13.6. The zero-order valence-corrected chi connectivity index (χ0v) is 14.2. The molecule has 2 aromatic carbocycles. The summed E-state index contributed by atoms with van der Waals surface area (Å²) in [7, 11) is 0. The number of carbonyl (C=O) groups excluding carboxylic acids is 1. The highest BCUT2D eigenvalue weighted by atomic mass is 35.5. The number of carbonyl (C=O) groups is 1. The van der Waals surface area contributed by atoms with Crippen LogP contribution >= 0.6 is 11.6 Å². The predicted octanol–water partition coefficient (Wildman–Crippen LogP) is 4.45. The predicted molar refractivity (Wildman–Crippen MR) is 94.8 cm³/mol. The van der Waals surface area contributed by atoms with Crippen LogP contribution in [0.4, 0.5) is 10.2 Å². The first-order chi connectivity index (χ1) is 12.0. The number of benzene rings is 2. The second-order valence-corrected chi connectivity index (χ2v) is 6.51. The Morgan fingerprint density at radius 2 is 2.08 bits per heavy atom. The van der Waals surface area contributed by atoms with Gasteiger partial charge in [0.1, 0.15) is 11.6 Å². The zero-order valence-electron chi connectivity index (χ0n) is 13.5. The lowest BCUT2D eigenvalue weighted by atomic mass is 9.87. The van der Waals surface area contributed by atoms with Gasteiger partial charge in [-0.25, -0.2) is 9.07 Å². The topological polar surface area (TPSA) is 46.9 Å². The van der Waals surface area contributed by atoms with Gasteiger partial charge >= 0.3 is 0 Å². The van der Waals surface area contributed by atoms with Gasteiger partial charge in [0.2, 0.25) is 5.91 Å². The van der Waals surface area contributed by atoms with E-state index >= 15 is 0 Å². The molecule has 0 saturated heterocycles. The van der Waals surface area contributed by atoms with E-state index in [2.05, 4.69) is 10.4 Å². The lowest BCUT2D eigenvalue weighted by Crippen LogP contribution is -2.24. The molecule has 1 atom stereocenters. The van der Waals surface area contributed by atoms with Gasteiger partial charge in [-0.05, 0) is 42.3 Å². The van der Waals surface area contributed by atoms with Crippen molar-refractivity contribution in [3.05, 3.63) is 76.2 Å². The van der Waals surface area contributed by atoms with Crippen LogP contribution in [-0.2, 0) is 4.79 Å². The third-order valence-electron chi connectivity index (χ3n) is 4.54. The van der Waals surface area contributed by atoms with Gasteiger partial charge in [-0.3, -0.25) is 4.79 Å². The average molecular weight is 356 g/mol. The Hall–Kier alpha value is -2.66. The van der Waals surface area contributed by atoms with Crippen LogP contribution in [0, 0.1) is 12.7 Å². The van der Waals surface area contributed by atoms with Crippen molar-refractivity contribution < 1.29 is 9.18 Å². The third kappa shape index (κ3) is 2.70. The average Bonchev–Trinajstić information content (AvgIpc) is 3.00. The number of anilines is 1. The summed E-state index contributed by atoms with van der Waals surface area (Å²) in [6.45, 7) is 1.90. The Morgan fingerprint density at radius 1 is 1.28 bits per heavy atom. The van der Waals surface area contributed by atoms with E-state index in [0.29, 0.717) is 10.8 Å². The summed E-state index contributed by atoms with van der Waals surface area (Å²) >= 11 is 6.21. The first-order valence-corrected chi connectivity index (χ1v) is 8.31. The Bertz CT molecular complexity index is 983. The van der Waals surface area contributed by atoms with Crippen molar-refractivity contribution in [2.75, 3.05) is 5.32 Å². The fourth-order valence-electron chi connectivity index (χ4n) is 3.25. The summed E-state index contributed by atoms with van der Waals surface area (Å²) in [5.41, 5.74) is 3.30. The summed E-state index contributed by atoms with van der Waals surface area (Å²) in [5.74, 6) is -0.0603. The maximum Gasteiger partial charge on any atom is 0.226 e. The molecule has 4 rings (SSSR count). The molecule has 2 heterocycles. The molecule has 1 unspecified atom stereocenters. The van der Waals surface area contributed by atoms with E-state index < -0.39 is 0 Å². The Labute approximate surface area is 149 Å². The molecule has 126 valence electrons. The van der Waals surface area contributed by atoms with Crippen LogP contribution in [0.3, 0.4) is 0 Å². The monoisotopic (exact) mass is 355 g/mol. The van der Waals surface area contributed by atoms with Crippen LogP contribution in [0.15, 0.2) is 48.7 Å². The van der Waals surface area contributed by atoms with Crippen molar-refractivity contribution in [2.45, 2.75) is 19.3 Å². The number of nitrogens with one attached hydrogen (secondary N) is 1. The fourth-order valence-corrected chi connectivity index (χ4v) is 3.42. The number of fused-ring (bicyclic) bond motifs is 1. The van der Waals surface area contributed by atoms with Crippen molar-refractivity contribution in [3.63, 3.8) is 0 Å². The van der Waals surface area contributed by atoms with Crippen LogP contribution in [0.5, 0.6) is 0 Å². The maximum atomic E-state index is 13.6. The first kappa shape index (κ1) is 15.8. The fraction of sp³-hybridized carbons (Fsp3) is 0.158. The van der Waals surface area contributed by atoms with Crippen LogP contribution in [-0.4, -0.2) is 15.7 Å². The second-order valence-electron chi connectivity index (χ2n) is 6.10. The number of halogens is 2. The summed E-state index contributed by atoms with van der Waals surface area (Å²) in [6.07, 6.45) is 1.99. The number of amides is 1.